The van der Waals surface area contributed by atoms with Gasteiger partial charge in [-0.2, -0.15) is 0 Å². The van der Waals surface area contributed by atoms with E-state index in [4.69, 9.17) is 4.74 Å². The Bertz CT molecular complexity index is 635. The molecule has 2 unspecified atom stereocenters. The minimum Gasteiger partial charge on any atom is -0.444 e. The van der Waals surface area contributed by atoms with Crippen molar-refractivity contribution >= 4 is 17.4 Å². The van der Waals surface area contributed by atoms with Crippen molar-refractivity contribution in [2.75, 3.05) is 13.1 Å². The predicted octanol–water partition coefficient (Wildman–Crippen LogP) is 3.06. The van der Waals surface area contributed by atoms with E-state index in [-0.39, 0.29) is 11.5 Å². The Morgan fingerprint density at radius 1 is 1.57 bits per heavy atom. The first-order valence-electron chi connectivity index (χ1n) is 7.21. The van der Waals surface area contributed by atoms with Crippen LogP contribution in [0.4, 0.5) is 4.79 Å². The number of aromatic nitrogens is 1. The van der Waals surface area contributed by atoms with Gasteiger partial charge in [0.1, 0.15) is 11.3 Å². The lowest BCUT2D eigenvalue weighted by Gasteiger charge is -2.25. The first-order chi connectivity index (χ1) is 9.77. The van der Waals surface area contributed by atoms with Crippen LogP contribution in [0.5, 0.6) is 0 Å². The number of aryl methyl sites for hydroxylation is 1. The Hall–Kier alpha value is -1.54. The Labute approximate surface area is 129 Å². The first kappa shape index (κ1) is 14.4. The maximum absolute atomic E-state index is 12.1. The number of hydrogen-bond donors (Lipinski definition) is 0. The Morgan fingerprint density at radius 3 is 2.95 bits per heavy atom. The number of hydrogen-bond acceptors (Lipinski definition) is 4. The SMILES string of the molecule is Cc1nc(C#CC23CC2CN(C(=O)OC(C)(C)C)C3)cs1. The number of fused-ring (bicyclic) bond motifs is 1. The van der Waals surface area contributed by atoms with Crippen LogP contribution in [-0.4, -0.2) is 34.7 Å². The molecule has 2 aliphatic rings. The summed E-state index contributed by atoms with van der Waals surface area (Å²) in [6.07, 6.45) is 0.864. The van der Waals surface area contributed by atoms with Crippen LogP contribution < -0.4 is 0 Å². The number of carbonyl (C=O) groups excluding carboxylic acids is 1. The average molecular weight is 304 g/mol. The molecule has 2 atom stereocenters. The van der Waals surface area contributed by atoms with Gasteiger partial charge in [0, 0.05) is 18.5 Å². The minimum absolute atomic E-state index is 0.0194. The molecule has 1 aromatic heterocycles. The van der Waals surface area contributed by atoms with Crippen molar-refractivity contribution in [2.45, 2.75) is 39.7 Å². The molecule has 112 valence electrons. The number of carbonyl (C=O) groups is 1. The highest BCUT2D eigenvalue weighted by atomic mass is 32.1. The van der Waals surface area contributed by atoms with E-state index < -0.39 is 5.60 Å². The lowest BCUT2D eigenvalue weighted by atomic mass is 10.1. The van der Waals surface area contributed by atoms with Crippen LogP contribution in [0, 0.1) is 30.1 Å². The van der Waals surface area contributed by atoms with Gasteiger partial charge in [0.25, 0.3) is 0 Å². The quantitative estimate of drug-likeness (QED) is 0.692. The Balaban J connectivity index is 1.65. The van der Waals surface area contributed by atoms with Gasteiger partial charge in [-0.05, 0) is 46.0 Å². The molecular formula is C16H20N2O2S. The second kappa shape index (κ2) is 4.74. The van der Waals surface area contributed by atoms with Crippen molar-refractivity contribution in [2.24, 2.45) is 11.3 Å². The molecule has 1 saturated carbocycles. The molecule has 1 aliphatic heterocycles. The van der Waals surface area contributed by atoms with E-state index in [2.05, 4.69) is 16.8 Å². The van der Waals surface area contributed by atoms with Gasteiger partial charge in [0.05, 0.1) is 10.4 Å². The average Bonchev–Trinajstić information content (AvgIpc) is 2.71. The molecule has 0 aromatic carbocycles. The minimum atomic E-state index is -0.444. The molecule has 0 bridgehead atoms. The normalized spacial score (nSPS) is 26.9. The third kappa shape index (κ3) is 3.06. The van der Waals surface area contributed by atoms with Crippen LogP contribution in [0.25, 0.3) is 0 Å². The molecule has 0 N–H and O–H groups in total. The molecule has 3 rings (SSSR count). The highest BCUT2D eigenvalue weighted by molar-refractivity contribution is 7.09. The molecule has 0 radical (unpaired) electrons. The zero-order valence-electron chi connectivity index (χ0n) is 12.9. The largest absolute Gasteiger partial charge is 0.444 e. The lowest BCUT2D eigenvalue weighted by molar-refractivity contribution is 0.0268. The first-order valence-corrected chi connectivity index (χ1v) is 8.09. The van der Waals surface area contributed by atoms with Crippen molar-refractivity contribution in [3.05, 3.63) is 16.1 Å². The van der Waals surface area contributed by atoms with Gasteiger partial charge in [0.15, 0.2) is 0 Å². The van der Waals surface area contributed by atoms with E-state index in [1.54, 1.807) is 16.2 Å². The molecule has 4 nitrogen and oxygen atoms in total. The summed E-state index contributed by atoms with van der Waals surface area (Å²) in [5, 5.41) is 3.02. The summed E-state index contributed by atoms with van der Waals surface area (Å²) in [6, 6.07) is 0. The maximum Gasteiger partial charge on any atom is 0.410 e. The van der Waals surface area contributed by atoms with E-state index in [0.717, 1.165) is 23.7 Å². The second-order valence-electron chi connectivity index (χ2n) is 6.92. The van der Waals surface area contributed by atoms with Crippen molar-refractivity contribution < 1.29 is 9.53 Å². The summed E-state index contributed by atoms with van der Waals surface area (Å²) in [5.74, 6) is 7.02. The fraction of sp³-hybridized carbons (Fsp3) is 0.625. The van der Waals surface area contributed by atoms with Gasteiger partial charge in [-0.15, -0.1) is 11.3 Å². The number of nitrogens with zero attached hydrogens (tertiary/aromatic N) is 2. The molecule has 21 heavy (non-hydrogen) atoms. The van der Waals surface area contributed by atoms with Crippen molar-refractivity contribution in [3.8, 4) is 11.8 Å². The maximum atomic E-state index is 12.1. The summed E-state index contributed by atoms with van der Waals surface area (Å²) in [6.45, 7) is 9.10. The standard InChI is InChI=1S/C16H20N2O2S/c1-11-17-13(9-21-11)5-6-16-7-12(16)8-18(10-16)14(19)20-15(2,3)4/h9,12H,7-8,10H2,1-4H3. The lowest BCUT2D eigenvalue weighted by Crippen LogP contribution is -2.37. The summed E-state index contributed by atoms with van der Waals surface area (Å²) < 4.78 is 5.43. The Morgan fingerprint density at radius 2 is 2.33 bits per heavy atom. The summed E-state index contributed by atoms with van der Waals surface area (Å²) in [7, 11) is 0. The topological polar surface area (TPSA) is 42.4 Å². The zero-order chi connectivity index (χ0) is 15.3. The predicted molar refractivity (Wildman–Crippen MR) is 82.1 cm³/mol. The second-order valence-corrected chi connectivity index (χ2v) is 7.98. The van der Waals surface area contributed by atoms with E-state index in [1.807, 2.05) is 33.1 Å². The summed E-state index contributed by atoms with van der Waals surface area (Å²) >= 11 is 1.61. The Kier molecular flexibility index (Phi) is 3.25. The molecule has 2 heterocycles. The molecule has 1 amide bonds. The highest BCUT2D eigenvalue weighted by Crippen LogP contribution is 2.57. The van der Waals surface area contributed by atoms with E-state index >= 15 is 0 Å². The number of amides is 1. The number of thiazole rings is 1. The molecule has 2 fully saturated rings. The van der Waals surface area contributed by atoms with Crippen LogP contribution in [0.2, 0.25) is 0 Å². The van der Waals surface area contributed by atoms with Crippen LogP contribution >= 0.6 is 11.3 Å². The fourth-order valence-electron chi connectivity index (χ4n) is 2.75. The third-order valence-corrected chi connectivity index (χ3v) is 4.63. The van der Waals surface area contributed by atoms with E-state index in [1.165, 1.54) is 0 Å². The summed E-state index contributed by atoms with van der Waals surface area (Å²) in [5.41, 5.74) is 0.378. The van der Waals surface area contributed by atoms with Crippen LogP contribution in [-0.2, 0) is 4.74 Å². The molecule has 5 heteroatoms. The van der Waals surface area contributed by atoms with Gasteiger partial charge in [0.2, 0.25) is 0 Å². The molecule has 1 aromatic rings. The van der Waals surface area contributed by atoms with E-state index in [9.17, 15) is 4.79 Å². The molecule has 0 spiro atoms. The zero-order valence-corrected chi connectivity index (χ0v) is 13.7. The van der Waals surface area contributed by atoms with Crippen molar-refractivity contribution in [1.82, 2.24) is 9.88 Å². The van der Waals surface area contributed by atoms with Crippen LogP contribution in [0.3, 0.4) is 0 Å². The number of piperidine rings is 1. The van der Waals surface area contributed by atoms with Gasteiger partial charge >= 0.3 is 6.09 Å². The molecule has 1 saturated heterocycles. The van der Waals surface area contributed by atoms with Crippen LogP contribution in [0.15, 0.2) is 5.38 Å². The number of rotatable bonds is 0. The highest BCUT2D eigenvalue weighted by Gasteiger charge is 2.60. The van der Waals surface area contributed by atoms with Gasteiger partial charge < -0.3 is 9.64 Å². The monoisotopic (exact) mass is 304 g/mol. The van der Waals surface area contributed by atoms with E-state index in [0.29, 0.717) is 12.5 Å². The molecular weight excluding hydrogens is 284 g/mol. The van der Waals surface area contributed by atoms with Crippen molar-refractivity contribution in [3.63, 3.8) is 0 Å². The number of likely N-dealkylation sites (tertiary alicyclic amines) is 1. The fourth-order valence-corrected chi connectivity index (χ4v) is 3.30. The number of ether oxygens (including phenoxy) is 1. The van der Waals surface area contributed by atoms with Gasteiger partial charge in [-0.3, -0.25) is 0 Å². The smallest absolute Gasteiger partial charge is 0.410 e. The molecule has 1 aliphatic carbocycles. The van der Waals surface area contributed by atoms with Gasteiger partial charge in [-0.1, -0.05) is 5.92 Å². The third-order valence-electron chi connectivity index (χ3n) is 3.86. The van der Waals surface area contributed by atoms with Crippen LogP contribution in [0.1, 0.15) is 37.9 Å². The van der Waals surface area contributed by atoms with Gasteiger partial charge in [-0.25, -0.2) is 9.78 Å². The van der Waals surface area contributed by atoms with Crippen molar-refractivity contribution in [1.29, 1.82) is 0 Å². The summed E-state index contributed by atoms with van der Waals surface area (Å²) in [4.78, 5) is 18.2.